The first-order valence-corrected chi connectivity index (χ1v) is 4.84. The van der Waals surface area contributed by atoms with Crippen molar-refractivity contribution < 1.29 is 4.39 Å². The van der Waals surface area contributed by atoms with E-state index in [1.807, 2.05) is 0 Å². The van der Waals surface area contributed by atoms with Crippen molar-refractivity contribution >= 4 is 0 Å². The fourth-order valence-corrected chi connectivity index (χ4v) is 1.73. The highest BCUT2D eigenvalue weighted by Crippen LogP contribution is 2.12. The van der Waals surface area contributed by atoms with Crippen molar-refractivity contribution in [3.05, 3.63) is 0 Å². The lowest BCUT2D eigenvalue weighted by molar-refractivity contribution is 0.122. The average Bonchev–Trinajstić information content (AvgIpc) is 1.99. The van der Waals surface area contributed by atoms with Crippen LogP contribution in [0.2, 0.25) is 0 Å². The Morgan fingerprint density at radius 2 is 2.25 bits per heavy atom. The Kier molecular flexibility index (Phi) is 3.95. The van der Waals surface area contributed by atoms with Gasteiger partial charge >= 0.3 is 0 Å². The van der Waals surface area contributed by atoms with E-state index in [-0.39, 0.29) is 6.04 Å². The standard InChI is InChI=1S/C9H19FN2/c1-2-3-4-12-6-8(10)5-9(11)7-12/h8-9H,2-7,11H2,1H3/t8-,9-/m1/s1. The second kappa shape index (κ2) is 4.77. The minimum Gasteiger partial charge on any atom is -0.326 e. The molecule has 2 N–H and O–H groups in total. The van der Waals surface area contributed by atoms with E-state index in [4.69, 9.17) is 5.73 Å². The third kappa shape index (κ3) is 3.07. The molecule has 0 unspecified atom stereocenters. The third-order valence-electron chi connectivity index (χ3n) is 2.34. The van der Waals surface area contributed by atoms with E-state index in [1.165, 1.54) is 6.42 Å². The minimum absolute atomic E-state index is 0.0469. The molecule has 0 aromatic rings. The van der Waals surface area contributed by atoms with Crippen LogP contribution in [0.25, 0.3) is 0 Å². The quantitative estimate of drug-likeness (QED) is 0.695. The summed E-state index contributed by atoms with van der Waals surface area (Å²) >= 11 is 0. The summed E-state index contributed by atoms with van der Waals surface area (Å²) in [4.78, 5) is 2.14. The number of halogens is 1. The molecule has 0 bridgehead atoms. The van der Waals surface area contributed by atoms with Crippen LogP contribution in [0.3, 0.4) is 0 Å². The van der Waals surface area contributed by atoms with Crippen LogP contribution in [0.15, 0.2) is 0 Å². The van der Waals surface area contributed by atoms with E-state index in [9.17, 15) is 4.39 Å². The Bertz CT molecular complexity index is 120. The molecule has 0 aromatic carbocycles. The molecule has 2 nitrogen and oxygen atoms in total. The molecule has 0 spiro atoms. The maximum Gasteiger partial charge on any atom is 0.114 e. The van der Waals surface area contributed by atoms with Crippen molar-refractivity contribution in [2.24, 2.45) is 5.73 Å². The van der Waals surface area contributed by atoms with E-state index in [0.717, 1.165) is 19.5 Å². The lowest BCUT2D eigenvalue weighted by atomic mass is 10.0. The van der Waals surface area contributed by atoms with Crippen LogP contribution in [-0.4, -0.2) is 36.7 Å². The molecule has 2 atom stereocenters. The van der Waals surface area contributed by atoms with Gasteiger partial charge in [0, 0.05) is 19.1 Å². The fraction of sp³-hybridized carbons (Fsp3) is 1.00. The summed E-state index contributed by atoms with van der Waals surface area (Å²) in [6, 6.07) is 0.0469. The second-order valence-electron chi connectivity index (χ2n) is 3.71. The summed E-state index contributed by atoms with van der Waals surface area (Å²) in [5.74, 6) is 0. The van der Waals surface area contributed by atoms with Crippen LogP contribution in [-0.2, 0) is 0 Å². The fourth-order valence-electron chi connectivity index (χ4n) is 1.73. The first-order valence-electron chi connectivity index (χ1n) is 4.84. The molecule has 1 aliphatic rings. The number of nitrogens with zero attached hydrogens (tertiary/aromatic N) is 1. The summed E-state index contributed by atoms with van der Waals surface area (Å²) in [7, 11) is 0. The number of rotatable bonds is 3. The molecule has 1 rings (SSSR count). The zero-order valence-electron chi connectivity index (χ0n) is 7.80. The first kappa shape index (κ1) is 9.93. The predicted octanol–water partition coefficient (Wildman–Crippen LogP) is 1.16. The monoisotopic (exact) mass is 174 g/mol. The van der Waals surface area contributed by atoms with Gasteiger partial charge in [-0.05, 0) is 19.4 Å². The molecular weight excluding hydrogens is 155 g/mol. The number of hydrogen-bond acceptors (Lipinski definition) is 2. The Morgan fingerprint density at radius 3 is 2.83 bits per heavy atom. The highest BCUT2D eigenvalue weighted by Gasteiger charge is 2.23. The summed E-state index contributed by atoms with van der Waals surface area (Å²) in [6.07, 6.45) is 2.16. The van der Waals surface area contributed by atoms with Crippen LogP contribution in [0.1, 0.15) is 26.2 Å². The van der Waals surface area contributed by atoms with Gasteiger partial charge in [0.25, 0.3) is 0 Å². The van der Waals surface area contributed by atoms with Crippen LogP contribution in [0.5, 0.6) is 0 Å². The summed E-state index contributed by atoms with van der Waals surface area (Å²) in [6.45, 7) is 4.62. The van der Waals surface area contributed by atoms with Crippen molar-refractivity contribution in [2.45, 2.75) is 38.4 Å². The van der Waals surface area contributed by atoms with E-state index >= 15 is 0 Å². The number of piperidine rings is 1. The van der Waals surface area contributed by atoms with Crippen LogP contribution in [0, 0.1) is 0 Å². The third-order valence-corrected chi connectivity index (χ3v) is 2.34. The summed E-state index contributed by atoms with van der Waals surface area (Å²) in [5, 5.41) is 0. The molecule has 1 saturated heterocycles. The summed E-state index contributed by atoms with van der Waals surface area (Å²) < 4.78 is 13.0. The van der Waals surface area contributed by atoms with E-state index in [0.29, 0.717) is 13.0 Å². The van der Waals surface area contributed by atoms with Crippen molar-refractivity contribution in [1.82, 2.24) is 4.90 Å². The molecule has 1 aliphatic heterocycles. The van der Waals surface area contributed by atoms with Gasteiger partial charge in [-0.2, -0.15) is 0 Å². The second-order valence-corrected chi connectivity index (χ2v) is 3.71. The molecular formula is C9H19FN2. The van der Waals surface area contributed by atoms with E-state index in [1.54, 1.807) is 0 Å². The largest absolute Gasteiger partial charge is 0.326 e. The van der Waals surface area contributed by atoms with Gasteiger partial charge in [-0.15, -0.1) is 0 Å². The molecule has 72 valence electrons. The molecule has 1 heterocycles. The number of unbranched alkanes of at least 4 members (excludes halogenated alkanes) is 1. The number of alkyl halides is 1. The van der Waals surface area contributed by atoms with Gasteiger partial charge in [-0.3, -0.25) is 4.90 Å². The molecule has 0 radical (unpaired) electrons. The molecule has 3 heteroatoms. The molecule has 1 fully saturated rings. The molecule has 0 amide bonds. The average molecular weight is 174 g/mol. The minimum atomic E-state index is -0.703. The van der Waals surface area contributed by atoms with Gasteiger partial charge in [0.2, 0.25) is 0 Å². The summed E-state index contributed by atoms with van der Waals surface area (Å²) in [5.41, 5.74) is 5.71. The Morgan fingerprint density at radius 1 is 1.50 bits per heavy atom. The van der Waals surface area contributed by atoms with E-state index < -0.39 is 6.17 Å². The Balaban J connectivity index is 2.24. The normalized spacial score (nSPS) is 32.2. The highest BCUT2D eigenvalue weighted by molar-refractivity contribution is 4.80. The van der Waals surface area contributed by atoms with Crippen LogP contribution in [0.4, 0.5) is 4.39 Å². The molecule has 0 aliphatic carbocycles. The van der Waals surface area contributed by atoms with Crippen LogP contribution < -0.4 is 5.73 Å². The van der Waals surface area contributed by atoms with Crippen molar-refractivity contribution in [2.75, 3.05) is 19.6 Å². The Labute approximate surface area is 73.9 Å². The smallest absolute Gasteiger partial charge is 0.114 e. The predicted molar refractivity (Wildman–Crippen MR) is 48.8 cm³/mol. The van der Waals surface area contributed by atoms with Gasteiger partial charge in [-0.1, -0.05) is 13.3 Å². The van der Waals surface area contributed by atoms with Crippen LogP contribution >= 0.6 is 0 Å². The van der Waals surface area contributed by atoms with E-state index in [2.05, 4.69) is 11.8 Å². The molecule has 0 saturated carbocycles. The SMILES string of the molecule is CCCCN1C[C@H](N)C[C@@H](F)C1. The molecule has 12 heavy (non-hydrogen) atoms. The maximum atomic E-state index is 13.0. The van der Waals surface area contributed by atoms with Gasteiger partial charge < -0.3 is 5.73 Å². The van der Waals surface area contributed by atoms with Gasteiger partial charge in [0.1, 0.15) is 6.17 Å². The van der Waals surface area contributed by atoms with Crippen molar-refractivity contribution in [3.8, 4) is 0 Å². The zero-order chi connectivity index (χ0) is 8.97. The Hall–Kier alpha value is -0.150. The zero-order valence-corrected chi connectivity index (χ0v) is 7.80. The van der Waals surface area contributed by atoms with Gasteiger partial charge in [0.05, 0.1) is 0 Å². The van der Waals surface area contributed by atoms with Crippen molar-refractivity contribution in [3.63, 3.8) is 0 Å². The van der Waals surface area contributed by atoms with Crippen molar-refractivity contribution in [1.29, 1.82) is 0 Å². The highest BCUT2D eigenvalue weighted by atomic mass is 19.1. The van der Waals surface area contributed by atoms with Gasteiger partial charge in [0.15, 0.2) is 0 Å². The lowest BCUT2D eigenvalue weighted by Crippen LogP contribution is -2.48. The maximum absolute atomic E-state index is 13.0. The topological polar surface area (TPSA) is 29.3 Å². The van der Waals surface area contributed by atoms with Gasteiger partial charge in [-0.25, -0.2) is 4.39 Å². The molecule has 0 aromatic heterocycles. The number of hydrogen-bond donors (Lipinski definition) is 1. The number of likely N-dealkylation sites (tertiary alicyclic amines) is 1. The first-order chi connectivity index (χ1) is 5.72. The number of nitrogens with two attached hydrogens (primary N) is 1. The lowest BCUT2D eigenvalue weighted by Gasteiger charge is -2.32.